The van der Waals surface area contributed by atoms with Crippen molar-refractivity contribution >= 4 is 5.91 Å². The normalized spacial score (nSPS) is 18.8. The van der Waals surface area contributed by atoms with Gasteiger partial charge < -0.3 is 15.2 Å². The molecule has 3 rings (SSSR count). The summed E-state index contributed by atoms with van der Waals surface area (Å²) in [6, 6.07) is 14.1. The highest BCUT2D eigenvalue weighted by molar-refractivity contribution is 5.94. The Morgan fingerprint density at radius 1 is 1.26 bits per heavy atom. The molecule has 4 heteroatoms. The fraction of sp³-hybridized carbons (Fsp3) is 0.211. The first-order chi connectivity index (χ1) is 11.2. The van der Waals surface area contributed by atoms with Crippen LogP contribution in [0, 0.1) is 12.3 Å². The molecule has 0 saturated heterocycles. The molecule has 0 aromatic heterocycles. The Labute approximate surface area is 135 Å². The Kier molecular flexibility index (Phi) is 4.31. The van der Waals surface area contributed by atoms with E-state index in [4.69, 9.17) is 11.2 Å². The molecule has 2 aromatic rings. The van der Waals surface area contributed by atoms with Gasteiger partial charge in [-0.25, -0.2) is 0 Å². The minimum Gasteiger partial charge on any atom is -0.481 e. The molecule has 0 unspecified atom stereocenters. The quantitative estimate of drug-likeness (QED) is 0.850. The summed E-state index contributed by atoms with van der Waals surface area (Å²) in [4.78, 5) is 12.4. The number of aliphatic hydroxyl groups excluding tert-OH is 1. The second-order valence-corrected chi connectivity index (χ2v) is 5.44. The standard InChI is InChI=1S/C19H17NO3/c1-2-11-23-15-9-7-13(8-10-15)19(22)20-18-16-6-4-3-5-14(16)12-17(18)21/h1,3-10,17-18,21H,11-12H2,(H,20,22)/t17-,18+/m1/s1. The first-order valence-electron chi connectivity index (χ1n) is 7.42. The Hall–Kier alpha value is -2.77. The number of rotatable bonds is 4. The maximum Gasteiger partial charge on any atom is 0.251 e. The van der Waals surface area contributed by atoms with E-state index in [1.807, 2.05) is 24.3 Å². The number of nitrogens with one attached hydrogen (secondary N) is 1. The molecule has 1 amide bonds. The van der Waals surface area contributed by atoms with Crippen LogP contribution in [0.1, 0.15) is 27.5 Å². The summed E-state index contributed by atoms with van der Waals surface area (Å²) < 4.78 is 5.28. The topological polar surface area (TPSA) is 58.6 Å². The summed E-state index contributed by atoms with van der Waals surface area (Å²) in [5.41, 5.74) is 2.56. The predicted molar refractivity (Wildman–Crippen MR) is 87.1 cm³/mol. The highest BCUT2D eigenvalue weighted by atomic mass is 16.5. The lowest BCUT2D eigenvalue weighted by Crippen LogP contribution is -2.33. The molecule has 0 spiro atoms. The molecule has 2 atom stereocenters. The number of hydrogen-bond donors (Lipinski definition) is 2. The van der Waals surface area contributed by atoms with Gasteiger partial charge in [0.05, 0.1) is 12.1 Å². The fourth-order valence-corrected chi connectivity index (χ4v) is 2.80. The number of aliphatic hydroxyl groups is 1. The third-order valence-electron chi connectivity index (χ3n) is 3.93. The number of fused-ring (bicyclic) bond motifs is 1. The predicted octanol–water partition coefficient (Wildman–Crippen LogP) is 2.09. The smallest absolute Gasteiger partial charge is 0.251 e. The lowest BCUT2D eigenvalue weighted by Gasteiger charge is -2.18. The Morgan fingerprint density at radius 2 is 2.00 bits per heavy atom. The molecule has 1 aliphatic rings. The molecule has 0 fully saturated rings. The van der Waals surface area contributed by atoms with E-state index in [1.54, 1.807) is 24.3 Å². The van der Waals surface area contributed by atoms with Crippen molar-refractivity contribution < 1.29 is 14.6 Å². The summed E-state index contributed by atoms with van der Waals surface area (Å²) in [6.07, 6.45) is 5.09. The largest absolute Gasteiger partial charge is 0.481 e. The van der Waals surface area contributed by atoms with Gasteiger partial charge in [0.2, 0.25) is 0 Å². The van der Waals surface area contributed by atoms with Gasteiger partial charge in [-0.15, -0.1) is 6.42 Å². The van der Waals surface area contributed by atoms with Gasteiger partial charge in [-0.1, -0.05) is 30.2 Å². The lowest BCUT2D eigenvalue weighted by atomic mass is 10.1. The van der Waals surface area contributed by atoms with Crippen LogP contribution >= 0.6 is 0 Å². The van der Waals surface area contributed by atoms with E-state index in [9.17, 15) is 9.90 Å². The molecule has 0 radical (unpaired) electrons. The van der Waals surface area contributed by atoms with Crippen LogP contribution in [0.4, 0.5) is 0 Å². The van der Waals surface area contributed by atoms with Gasteiger partial charge in [-0.05, 0) is 35.4 Å². The highest BCUT2D eigenvalue weighted by Crippen LogP contribution is 2.31. The molecule has 1 aliphatic carbocycles. The van der Waals surface area contributed by atoms with Crippen molar-refractivity contribution in [2.24, 2.45) is 0 Å². The minimum absolute atomic E-state index is 0.191. The zero-order chi connectivity index (χ0) is 16.2. The van der Waals surface area contributed by atoms with Crippen LogP contribution in [0.25, 0.3) is 0 Å². The van der Waals surface area contributed by atoms with Gasteiger partial charge >= 0.3 is 0 Å². The first-order valence-corrected chi connectivity index (χ1v) is 7.42. The molecule has 0 saturated carbocycles. The Bertz CT molecular complexity index is 746. The molecule has 0 heterocycles. The van der Waals surface area contributed by atoms with Crippen LogP contribution in [0.5, 0.6) is 5.75 Å². The first kappa shape index (κ1) is 15.1. The summed E-state index contributed by atoms with van der Waals surface area (Å²) >= 11 is 0. The number of benzene rings is 2. The summed E-state index contributed by atoms with van der Waals surface area (Å²) in [6.45, 7) is 0.191. The third kappa shape index (κ3) is 3.20. The van der Waals surface area contributed by atoms with E-state index in [2.05, 4.69) is 11.2 Å². The van der Waals surface area contributed by atoms with Crippen molar-refractivity contribution in [1.82, 2.24) is 5.32 Å². The van der Waals surface area contributed by atoms with Crippen LogP contribution in [0.15, 0.2) is 48.5 Å². The summed E-state index contributed by atoms with van der Waals surface area (Å²) in [7, 11) is 0. The number of carbonyl (C=O) groups is 1. The minimum atomic E-state index is -0.602. The van der Waals surface area contributed by atoms with Gasteiger partial charge in [0.1, 0.15) is 12.4 Å². The molecular formula is C19H17NO3. The fourth-order valence-electron chi connectivity index (χ4n) is 2.80. The highest BCUT2D eigenvalue weighted by Gasteiger charge is 2.31. The zero-order valence-corrected chi connectivity index (χ0v) is 12.5. The number of amides is 1. The van der Waals surface area contributed by atoms with Crippen LogP contribution in [0.3, 0.4) is 0 Å². The number of ether oxygens (including phenoxy) is 1. The average molecular weight is 307 g/mol. The maximum atomic E-state index is 12.4. The molecule has 0 aliphatic heterocycles. The number of carbonyl (C=O) groups excluding carboxylic acids is 1. The van der Waals surface area contributed by atoms with E-state index in [-0.39, 0.29) is 18.6 Å². The van der Waals surface area contributed by atoms with E-state index in [0.29, 0.717) is 17.7 Å². The van der Waals surface area contributed by atoms with E-state index < -0.39 is 6.10 Å². The second kappa shape index (κ2) is 6.55. The van der Waals surface area contributed by atoms with E-state index in [0.717, 1.165) is 11.1 Å². The van der Waals surface area contributed by atoms with Crippen LogP contribution in [-0.2, 0) is 6.42 Å². The Balaban J connectivity index is 1.71. The molecule has 116 valence electrons. The molecule has 2 N–H and O–H groups in total. The van der Waals surface area contributed by atoms with Crippen molar-refractivity contribution in [2.45, 2.75) is 18.6 Å². The second-order valence-electron chi connectivity index (χ2n) is 5.44. The lowest BCUT2D eigenvalue weighted by molar-refractivity contribution is 0.0858. The van der Waals surface area contributed by atoms with Gasteiger partial charge in [0.25, 0.3) is 5.91 Å². The third-order valence-corrected chi connectivity index (χ3v) is 3.93. The monoisotopic (exact) mass is 307 g/mol. The SMILES string of the molecule is C#CCOc1ccc(C(=O)N[C@H]2c3ccccc3C[C@H]2O)cc1. The van der Waals surface area contributed by atoms with Gasteiger partial charge in [-0.3, -0.25) is 4.79 Å². The summed E-state index contributed by atoms with van der Waals surface area (Å²) in [5, 5.41) is 13.1. The van der Waals surface area contributed by atoms with Gasteiger partial charge in [0.15, 0.2) is 0 Å². The van der Waals surface area contributed by atoms with Crippen LogP contribution in [0.2, 0.25) is 0 Å². The molecule has 23 heavy (non-hydrogen) atoms. The molecule has 2 aromatic carbocycles. The summed E-state index contributed by atoms with van der Waals surface area (Å²) in [5.74, 6) is 2.78. The van der Waals surface area contributed by atoms with E-state index >= 15 is 0 Å². The van der Waals surface area contributed by atoms with Crippen molar-refractivity contribution in [3.8, 4) is 18.1 Å². The molecule has 0 bridgehead atoms. The van der Waals surface area contributed by atoms with Gasteiger partial charge in [-0.2, -0.15) is 0 Å². The van der Waals surface area contributed by atoms with Crippen molar-refractivity contribution in [1.29, 1.82) is 0 Å². The van der Waals surface area contributed by atoms with Gasteiger partial charge in [0, 0.05) is 12.0 Å². The Morgan fingerprint density at radius 3 is 2.74 bits per heavy atom. The van der Waals surface area contributed by atoms with Crippen LogP contribution in [-0.4, -0.2) is 23.7 Å². The van der Waals surface area contributed by atoms with Crippen molar-refractivity contribution in [3.63, 3.8) is 0 Å². The zero-order valence-electron chi connectivity index (χ0n) is 12.5. The van der Waals surface area contributed by atoms with E-state index in [1.165, 1.54) is 0 Å². The van der Waals surface area contributed by atoms with Crippen molar-refractivity contribution in [3.05, 3.63) is 65.2 Å². The van der Waals surface area contributed by atoms with Crippen LogP contribution < -0.4 is 10.1 Å². The number of terminal acetylenes is 1. The number of hydrogen-bond acceptors (Lipinski definition) is 3. The molecule has 4 nitrogen and oxygen atoms in total. The average Bonchev–Trinajstić information content (AvgIpc) is 2.89. The van der Waals surface area contributed by atoms with Crippen molar-refractivity contribution in [2.75, 3.05) is 6.61 Å². The molecular weight excluding hydrogens is 290 g/mol. The maximum absolute atomic E-state index is 12.4.